The van der Waals surface area contributed by atoms with E-state index in [1.54, 1.807) is 97.1 Å². The summed E-state index contributed by atoms with van der Waals surface area (Å²) < 4.78 is 36.0. The molecule has 0 spiro atoms. The molecule has 0 bridgehead atoms. The summed E-state index contributed by atoms with van der Waals surface area (Å²) >= 11 is 0. The topological polar surface area (TPSA) is 141 Å². The zero-order chi connectivity index (χ0) is 36.0. The maximum atomic E-state index is 14.2. The largest absolute Gasteiger partial charge is 0.530 e. The van der Waals surface area contributed by atoms with Gasteiger partial charge in [0, 0.05) is 0 Å². The van der Waals surface area contributed by atoms with E-state index in [1.165, 1.54) is 24.3 Å². The molecule has 256 valence electrons. The number of rotatable bonds is 19. The van der Waals surface area contributed by atoms with Crippen LogP contribution in [0.1, 0.15) is 53.4 Å². The van der Waals surface area contributed by atoms with Gasteiger partial charge in [0.2, 0.25) is 5.78 Å². The molecule has 13 heteroatoms. The number of carbonyl (C=O) groups excluding carboxylic acids is 5. The summed E-state index contributed by atoms with van der Waals surface area (Å²) in [4.78, 5) is 60.5. The van der Waals surface area contributed by atoms with E-state index < -0.39 is 23.0 Å². The van der Waals surface area contributed by atoms with Gasteiger partial charge in [0.15, 0.2) is 18.9 Å². The van der Waals surface area contributed by atoms with Crippen molar-refractivity contribution in [2.75, 3.05) is 0 Å². The minimum atomic E-state index is -2.42. The first-order valence-electron chi connectivity index (χ1n) is 15.1. The summed E-state index contributed by atoms with van der Waals surface area (Å²) in [6.45, 7) is 3.73. The Hall–Kier alpha value is -6.15. The van der Waals surface area contributed by atoms with Gasteiger partial charge in [-0.2, -0.15) is 0 Å². The van der Waals surface area contributed by atoms with Crippen molar-refractivity contribution in [3.8, 4) is 28.7 Å². The van der Waals surface area contributed by atoms with E-state index in [4.69, 9.17) is 27.1 Å². The Balaban J connectivity index is 1.47. The van der Waals surface area contributed by atoms with Gasteiger partial charge in [0.25, 0.3) is 0 Å². The van der Waals surface area contributed by atoms with Gasteiger partial charge in [-0.05, 0) is 60.7 Å². The van der Waals surface area contributed by atoms with Crippen molar-refractivity contribution < 1.29 is 51.1 Å². The molecule has 0 aliphatic carbocycles. The molecule has 0 saturated carbocycles. The SMILES string of the molecule is C=C(CC=O)OP(Oc1ccccc1C=O)Oc1ccccc1C(=O)c1ccccc1OP(Oc1ccccc1C=O)Oc1ccccc1C=O. The van der Waals surface area contributed by atoms with Gasteiger partial charge >= 0.3 is 17.2 Å². The molecule has 0 fully saturated rings. The van der Waals surface area contributed by atoms with Crippen molar-refractivity contribution >= 4 is 48.1 Å². The first-order valence-corrected chi connectivity index (χ1v) is 17.3. The Morgan fingerprint density at radius 1 is 0.490 bits per heavy atom. The lowest BCUT2D eigenvalue weighted by atomic mass is 10.0. The van der Waals surface area contributed by atoms with E-state index in [0.717, 1.165) is 0 Å². The first-order chi connectivity index (χ1) is 24.9. The Kier molecular flexibility index (Phi) is 12.8. The molecule has 5 aromatic rings. The van der Waals surface area contributed by atoms with Crippen molar-refractivity contribution in [2.24, 2.45) is 0 Å². The van der Waals surface area contributed by atoms with Crippen LogP contribution in [0.4, 0.5) is 0 Å². The highest BCUT2D eigenvalue weighted by molar-refractivity contribution is 7.43. The van der Waals surface area contributed by atoms with Crippen LogP contribution in [0.2, 0.25) is 0 Å². The molecule has 0 amide bonds. The van der Waals surface area contributed by atoms with Crippen LogP contribution in [0.5, 0.6) is 28.7 Å². The highest BCUT2D eigenvalue weighted by atomic mass is 31.2. The normalized spacial score (nSPS) is 11.0. The van der Waals surface area contributed by atoms with Gasteiger partial charge in [-0.15, -0.1) is 0 Å². The number of benzene rings is 5. The summed E-state index contributed by atoms with van der Waals surface area (Å²) in [5.41, 5.74) is 0.846. The average molecular weight is 723 g/mol. The minimum Gasteiger partial charge on any atom is -0.413 e. The maximum Gasteiger partial charge on any atom is 0.530 e. The molecule has 1 unspecified atom stereocenters. The highest BCUT2D eigenvalue weighted by Crippen LogP contribution is 2.47. The first kappa shape index (κ1) is 36.1. The minimum absolute atomic E-state index is 0.0444. The third-order valence-electron chi connectivity index (χ3n) is 6.78. The summed E-state index contributed by atoms with van der Waals surface area (Å²) in [7, 11) is -4.80. The fraction of sp³-hybridized carbons (Fsp3) is 0.0263. The van der Waals surface area contributed by atoms with Crippen molar-refractivity contribution in [3.63, 3.8) is 0 Å². The van der Waals surface area contributed by atoms with Crippen LogP contribution >= 0.6 is 17.2 Å². The number of ketones is 1. The Morgan fingerprint density at radius 3 is 1.24 bits per heavy atom. The van der Waals surface area contributed by atoms with Crippen LogP contribution in [0.3, 0.4) is 0 Å². The zero-order valence-electron chi connectivity index (χ0n) is 26.7. The van der Waals surface area contributed by atoms with Crippen molar-refractivity contribution in [1.82, 2.24) is 0 Å². The number of hydrogen-bond acceptors (Lipinski definition) is 11. The lowest BCUT2D eigenvalue weighted by Gasteiger charge is -2.21. The van der Waals surface area contributed by atoms with Crippen LogP contribution < -0.4 is 22.6 Å². The second-order valence-electron chi connectivity index (χ2n) is 10.2. The summed E-state index contributed by atoms with van der Waals surface area (Å²) in [5, 5.41) is 0. The lowest BCUT2D eigenvalue weighted by Crippen LogP contribution is -2.10. The molecule has 51 heavy (non-hydrogen) atoms. The second kappa shape index (κ2) is 18.0. The van der Waals surface area contributed by atoms with Gasteiger partial charge < -0.3 is 31.9 Å². The van der Waals surface area contributed by atoms with E-state index >= 15 is 0 Å². The molecule has 5 aromatic carbocycles. The average Bonchev–Trinajstić information content (AvgIpc) is 3.15. The number of aldehydes is 4. The molecule has 0 radical (unpaired) electrons. The van der Waals surface area contributed by atoms with Gasteiger partial charge in [0.05, 0.1) is 34.2 Å². The van der Waals surface area contributed by atoms with E-state index in [2.05, 4.69) is 6.58 Å². The van der Waals surface area contributed by atoms with Crippen LogP contribution in [0.15, 0.2) is 134 Å². The Morgan fingerprint density at radius 2 is 0.824 bits per heavy atom. The molecule has 5 rings (SSSR count). The quantitative estimate of drug-likeness (QED) is 0.0349. The fourth-order valence-electron chi connectivity index (χ4n) is 4.34. The van der Waals surface area contributed by atoms with Crippen LogP contribution in [0.25, 0.3) is 0 Å². The summed E-state index contributed by atoms with van der Waals surface area (Å²) in [6.07, 6.45) is 2.29. The van der Waals surface area contributed by atoms with Gasteiger partial charge in [-0.25, -0.2) is 0 Å². The monoisotopic (exact) mass is 722 g/mol. The van der Waals surface area contributed by atoms with E-state index in [-0.39, 0.29) is 68.7 Å². The number of hydrogen-bond donors (Lipinski definition) is 0. The molecule has 0 heterocycles. The predicted molar refractivity (Wildman–Crippen MR) is 190 cm³/mol. The van der Waals surface area contributed by atoms with E-state index in [0.29, 0.717) is 25.1 Å². The fourth-order valence-corrected chi connectivity index (χ4v) is 6.47. The predicted octanol–water partition coefficient (Wildman–Crippen LogP) is 8.92. The molecule has 0 saturated heterocycles. The number of para-hydroxylation sites is 5. The van der Waals surface area contributed by atoms with Gasteiger partial charge in [0.1, 0.15) is 40.8 Å². The molecule has 0 aromatic heterocycles. The van der Waals surface area contributed by atoms with Gasteiger partial charge in [-0.3, -0.25) is 19.2 Å². The molecule has 0 aliphatic rings. The Labute approximate surface area is 295 Å². The van der Waals surface area contributed by atoms with E-state index in [1.807, 2.05) is 0 Å². The van der Waals surface area contributed by atoms with Gasteiger partial charge in [-0.1, -0.05) is 67.2 Å². The van der Waals surface area contributed by atoms with Crippen molar-refractivity contribution in [2.45, 2.75) is 6.42 Å². The smallest absolute Gasteiger partial charge is 0.413 e. The Bertz CT molecular complexity index is 1990. The second-order valence-corrected chi connectivity index (χ2v) is 12.2. The third-order valence-corrected chi connectivity index (χ3v) is 8.92. The third kappa shape index (κ3) is 9.51. The highest BCUT2D eigenvalue weighted by Gasteiger charge is 2.28. The van der Waals surface area contributed by atoms with Crippen LogP contribution in [-0.2, 0) is 9.32 Å². The van der Waals surface area contributed by atoms with E-state index in [9.17, 15) is 24.0 Å². The summed E-state index contributed by atoms with van der Waals surface area (Å²) in [5.74, 6) is 0.0947. The molecular weight excluding hydrogens is 694 g/mol. The molecule has 0 aliphatic heterocycles. The lowest BCUT2D eigenvalue weighted by molar-refractivity contribution is -0.107. The molecular formula is C38H28O11P2. The van der Waals surface area contributed by atoms with Crippen molar-refractivity contribution in [1.29, 1.82) is 0 Å². The number of carbonyl (C=O) groups is 5. The summed E-state index contributed by atoms with van der Waals surface area (Å²) in [6, 6.07) is 31.9. The zero-order valence-corrected chi connectivity index (χ0v) is 28.4. The van der Waals surface area contributed by atoms with Crippen LogP contribution in [-0.4, -0.2) is 30.9 Å². The molecule has 1 atom stereocenters. The standard InChI is InChI=1S/C38H28O11P2/c1-27(22-23-39)44-50(45-33-17-7-2-12-28(33)24-40)48-36-20-10-5-15-31(36)38(43)32-16-6-11-21-37(32)49-51(46-34-18-8-3-13-29(34)25-41)47-35-19-9-4-14-30(35)26-42/h2-21,23-26H,1,22H2. The van der Waals surface area contributed by atoms with Crippen LogP contribution in [0, 0.1) is 0 Å². The van der Waals surface area contributed by atoms with Crippen molar-refractivity contribution in [3.05, 3.63) is 161 Å². The number of allylic oxidation sites excluding steroid dienone is 1. The molecule has 11 nitrogen and oxygen atoms in total. The maximum absolute atomic E-state index is 14.2. The molecule has 0 N–H and O–H groups in total.